The zero-order valence-corrected chi connectivity index (χ0v) is 10.3. The van der Waals surface area contributed by atoms with Crippen LogP contribution in [0.3, 0.4) is 0 Å². The molecule has 0 aliphatic rings. The second-order valence-electron chi connectivity index (χ2n) is 3.74. The quantitative estimate of drug-likeness (QED) is 0.797. The zero-order chi connectivity index (χ0) is 12.3. The van der Waals surface area contributed by atoms with Gasteiger partial charge in [-0.05, 0) is 24.3 Å². The van der Waals surface area contributed by atoms with Gasteiger partial charge in [0.05, 0.1) is 10.2 Å². The Morgan fingerprint density at radius 1 is 1.53 bits per heavy atom. The SMILES string of the molecule is Cc1csc2c(NCCCC(=O)O)ncnc12. The maximum atomic E-state index is 10.4. The van der Waals surface area contributed by atoms with Crippen molar-refractivity contribution in [1.29, 1.82) is 0 Å². The first-order chi connectivity index (χ1) is 8.18. The molecule has 0 bridgehead atoms. The van der Waals surface area contributed by atoms with E-state index in [0.717, 1.165) is 21.6 Å². The number of nitrogens with zero attached hydrogens (tertiary/aromatic N) is 2. The first-order valence-corrected chi connectivity index (χ1v) is 6.21. The second-order valence-corrected chi connectivity index (χ2v) is 4.62. The third kappa shape index (κ3) is 2.71. The maximum Gasteiger partial charge on any atom is 0.303 e. The number of anilines is 1. The highest BCUT2D eigenvalue weighted by Gasteiger charge is 2.07. The largest absolute Gasteiger partial charge is 0.481 e. The van der Waals surface area contributed by atoms with Crippen molar-refractivity contribution in [2.45, 2.75) is 19.8 Å². The van der Waals surface area contributed by atoms with Gasteiger partial charge in [-0.2, -0.15) is 0 Å². The van der Waals surface area contributed by atoms with E-state index in [1.54, 1.807) is 11.3 Å². The summed E-state index contributed by atoms with van der Waals surface area (Å²) in [5, 5.41) is 13.7. The highest BCUT2D eigenvalue weighted by Crippen LogP contribution is 2.28. The molecule has 90 valence electrons. The highest BCUT2D eigenvalue weighted by molar-refractivity contribution is 7.18. The predicted molar refractivity (Wildman–Crippen MR) is 67.5 cm³/mol. The van der Waals surface area contributed by atoms with E-state index in [1.807, 2.05) is 12.3 Å². The molecule has 5 nitrogen and oxygen atoms in total. The van der Waals surface area contributed by atoms with E-state index in [9.17, 15) is 4.79 Å². The fourth-order valence-corrected chi connectivity index (χ4v) is 2.51. The number of hydrogen-bond acceptors (Lipinski definition) is 5. The molecule has 2 aromatic rings. The zero-order valence-electron chi connectivity index (χ0n) is 9.43. The van der Waals surface area contributed by atoms with Crippen molar-refractivity contribution >= 4 is 33.3 Å². The van der Waals surface area contributed by atoms with Crippen molar-refractivity contribution in [3.63, 3.8) is 0 Å². The van der Waals surface area contributed by atoms with Crippen LogP contribution in [0, 0.1) is 6.92 Å². The Kier molecular flexibility index (Phi) is 3.53. The summed E-state index contributed by atoms with van der Waals surface area (Å²) < 4.78 is 1.03. The minimum Gasteiger partial charge on any atom is -0.481 e. The molecule has 2 N–H and O–H groups in total. The van der Waals surface area contributed by atoms with E-state index in [1.165, 1.54) is 6.33 Å². The highest BCUT2D eigenvalue weighted by atomic mass is 32.1. The lowest BCUT2D eigenvalue weighted by molar-refractivity contribution is -0.137. The number of nitrogens with one attached hydrogen (secondary N) is 1. The van der Waals surface area contributed by atoms with Crippen molar-refractivity contribution in [2.75, 3.05) is 11.9 Å². The average molecular weight is 251 g/mol. The van der Waals surface area contributed by atoms with Gasteiger partial charge in [-0.3, -0.25) is 4.79 Å². The Morgan fingerprint density at radius 3 is 3.12 bits per heavy atom. The molecular formula is C11H13N3O2S. The number of rotatable bonds is 5. The van der Waals surface area contributed by atoms with Gasteiger partial charge >= 0.3 is 5.97 Å². The molecule has 2 aromatic heterocycles. The second kappa shape index (κ2) is 5.09. The maximum absolute atomic E-state index is 10.4. The molecule has 0 aromatic carbocycles. The van der Waals surface area contributed by atoms with Crippen LogP contribution in [0.1, 0.15) is 18.4 Å². The van der Waals surface area contributed by atoms with E-state index in [2.05, 4.69) is 15.3 Å². The number of thiophene rings is 1. The van der Waals surface area contributed by atoms with Crippen LogP contribution in [0.2, 0.25) is 0 Å². The summed E-state index contributed by atoms with van der Waals surface area (Å²) in [7, 11) is 0. The molecule has 0 radical (unpaired) electrons. The first kappa shape index (κ1) is 11.8. The molecule has 0 spiro atoms. The van der Waals surface area contributed by atoms with Crippen molar-refractivity contribution in [2.24, 2.45) is 0 Å². The normalized spacial score (nSPS) is 10.6. The summed E-state index contributed by atoms with van der Waals surface area (Å²) >= 11 is 1.60. The van der Waals surface area contributed by atoms with E-state index in [0.29, 0.717) is 13.0 Å². The summed E-state index contributed by atoms with van der Waals surface area (Å²) in [6.07, 6.45) is 2.29. The number of fused-ring (bicyclic) bond motifs is 1. The summed E-state index contributed by atoms with van der Waals surface area (Å²) in [4.78, 5) is 18.8. The molecule has 6 heteroatoms. The molecule has 0 atom stereocenters. The number of aromatic nitrogens is 2. The molecule has 17 heavy (non-hydrogen) atoms. The van der Waals surface area contributed by atoms with Crippen LogP contribution in [0.15, 0.2) is 11.7 Å². The molecule has 0 aliphatic heterocycles. The molecule has 2 rings (SSSR count). The molecule has 2 heterocycles. The van der Waals surface area contributed by atoms with E-state index >= 15 is 0 Å². The van der Waals surface area contributed by atoms with E-state index in [-0.39, 0.29) is 6.42 Å². The van der Waals surface area contributed by atoms with Gasteiger partial charge in [0.2, 0.25) is 0 Å². The van der Waals surface area contributed by atoms with Gasteiger partial charge in [-0.15, -0.1) is 11.3 Å². The standard InChI is InChI=1S/C11H13N3O2S/c1-7-5-17-10-9(7)13-6-14-11(10)12-4-2-3-8(15)16/h5-6H,2-4H2,1H3,(H,15,16)(H,12,13,14). The van der Waals surface area contributed by atoms with Crippen LogP contribution >= 0.6 is 11.3 Å². The van der Waals surface area contributed by atoms with Crippen molar-refractivity contribution < 1.29 is 9.90 Å². The monoisotopic (exact) mass is 251 g/mol. The molecule has 0 saturated heterocycles. The van der Waals surface area contributed by atoms with Gasteiger partial charge in [0.15, 0.2) is 0 Å². The Bertz CT molecular complexity index is 538. The number of aryl methyl sites for hydroxylation is 1. The lowest BCUT2D eigenvalue weighted by atomic mass is 10.3. The Morgan fingerprint density at radius 2 is 2.35 bits per heavy atom. The van der Waals surface area contributed by atoms with Crippen LogP contribution < -0.4 is 5.32 Å². The van der Waals surface area contributed by atoms with Gasteiger partial charge in [-0.1, -0.05) is 0 Å². The fourth-order valence-electron chi connectivity index (χ4n) is 1.54. The van der Waals surface area contributed by atoms with Crippen molar-refractivity contribution in [3.8, 4) is 0 Å². The smallest absolute Gasteiger partial charge is 0.303 e. The predicted octanol–water partition coefficient (Wildman–Crippen LogP) is 2.28. The molecular weight excluding hydrogens is 238 g/mol. The van der Waals surface area contributed by atoms with Crippen molar-refractivity contribution in [3.05, 3.63) is 17.3 Å². The van der Waals surface area contributed by atoms with Crippen molar-refractivity contribution in [1.82, 2.24) is 9.97 Å². The lowest BCUT2D eigenvalue weighted by Gasteiger charge is -2.04. The summed E-state index contributed by atoms with van der Waals surface area (Å²) in [6, 6.07) is 0. The minimum absolute atomic E-state index is 0.171. The third-order valence-electron chi connectivity index (χ3n) is 2.39. The van der Waals surface area contributed by atoms with Crippen LogP contribution in [0.4, 0.5) is 5.82 Å². The van der Waals surface area contributed by atoms with Gasteiger partial charge in [-0.25, -0.2) is 9.97 Å². The summed E-state index contributed by atoms with van der Waals surface area (Å²) in [5.41, 5.74) is 2.10. The number of aliphatic carboxylic acids is 1. The lowest BCUT2D eigenvalue weighted by Crippen LogP contribution is -2.06. The first-order valence-electron chi connectivity index (χ1n) is 5.33. The molecule has 0 amide bonds. The minimum atomic E-state index is -0.772. The van der Waals surface area contributed by atoms with Crippen LogP contribution in [-0.2, 0) is 4.79 Å². The van der Waals surface area contributed by atoms with Crippen LogP contribution in [0.25, 0.3) is 10.2 Å². The Balaban J connectivity index is 2.06. The average Bonchev–Trinajstić information content (AvgIpc) is 2.67. The van der Waals surface area contributed by atoms with E-state index < -0.39 is 5.97 Å². The molecule has 0 aliphatic carbocycles. The molecule has 0 saturated carbocycles. The Labute approximate surface area is 103 Å². The summed E-state index contributed by atoms with van der Waals surface area (Å²) in [6.45, 7) is 2.62. The van der Waals surface area contributed by atoms with Gasteiger partial charge < -0.3 is 10.4 Å². The van der Waals surface area contributed by atoms with Gasteiger partial charge in [0, 0.05) is 13.0 Å². The number of hydrogen-bond donors (Lipinski definition) is 2. The molecule has 0 unspecified atom stereocenters. The summed E-state index contributed by atoms with van der Waals surface area (Å²) in [5.74, 6) is 0.0186. The van der Waals surface area contributed by atoms with Crippen LogP contribution in [0.5, 0.6) is 0 Å². The van der Waals surface area contributed by atoms with Crippen LogP contribution in [-0.4, -0.2) is 27.6 Å². The number of carboxylic acids is 1. The van der Waals surface area contributed by atoms with E-state index in [4.69, 9.17) is 5.11 Å². The van der Waals surface area contributed by atoms with Gasteiger partial charge in [0.25, 0.3) is 0 Å². The Hall–Kier alpha value is -1.69. The topological polar surface area (TPSA) is 75.1 Å². The molecule has 0 fully saturated rings. The van der Waals surface area contributed by atoms with Gasteiger partial charge in [0.1, 0.15) is 12.1 Å². The number of carboxylic acid groups (broad SMARTS) is 1. The fraction of sp³-hybridized carbons (Fsp3) is 0.364. The third-order valence-corrected chi connectivity index (χ3v) is 3.48. The number of carbonyl (C=O) groups is 1.